The van der Waals surface area contributed by atoms with Crippen molar-refractivity contribution in [3.05, 3.63) is 69.5 Å². The van der Waals surface area contributed by atoms with E-state index in [-0.39, 0.29) is 11.6 Å². The van der Waals surface area contributed by atoms with Gasteiger partial charge in [-0.15, -0.1) is 0 Å². The lowest BCUT2D eigenvalue weighted by molar-refractivity contribution is -0.0260. The Balaban J connectivity index is 1.49. The van der Waals surface area contributed by atoms with Crippen molar-refractivity contribution >= 4 is 17.4 Å². The Morgan fingerprint density at radius 1 is 1.14 bits per heavy atom. The predicted octanol–water partition coefficient (Wildman–Crippen LogP) is 5.04. The van der Waals surface area contributed by atoms with E-state index in [2.05, 4.69) is 4.90 Å². The predicted molar refractivity (Wildman–Crippen MR) is 110 cm³/mol. The molecule has 1 heterocycles. The Bertz CT molecular complexity index is 860. The fourth-order valence-corrected chi connectivity index (χ4v) is 4.04. The van der Waals surface area contributed by atoms with Gasteiger partial charge in [-0.1, -0.05) is 23.7 Å². The van der Waals surface area contributed by atoms with Gasteiger partial charge in [-0.3, -0.25) is 4.79 Å². The molecule has 1 aliphatic rings. The minimum Gasteiger partial charge on any atom is -0.385 e. The lowest BCUT2D eigenvalue weighted by Gasteiger charge is -2.38. The van der Waals surface area contributed by atoms with Gasteiger partial charge >= 0.3 is 0 Å². The molecule has 0 bridgehead atoms. The summed E-state index contributed by atoms with van der Waals surface area (Å²) in [5, 5.41) is 11.7. The lowest BCUT2D eigenvalue weighted by Crippen LogP contribution is -2.43. The van der Waals surface area contributed by atoms with Crippen molar-refractivity contribution in [2.45, 2.75) is 45.1 Å². The molecule has 1 saturated heterocycles. The molecule has 1 N–H and O–H groups in total. The largest absolute Gasteiger partial charge is 0.385 e. The molecule has 2 aromatic rings. The molecule has 2 aromatic carbocycles. The standard InChI is InChI=1S/C23H27ClFNO2/c1-16-5-6-18(15-21(16)24)23(28)9-12-26(13-10-23)11-3-4-22(27)20-8-7-19(25)14-17(20)2/h5-8,14-15,28H,3-4,9-13H2,1-2H3. The van der Waals surface area contributed by atoms with Crippen LogP contribution in [-0.4, -0.2) is 35.4 Å². The highest BCUT2D eigenvalue weighted by Crippen LogP contribution is 2.34. The molecule has 0 atom stereocenters. The van der Waals surface area contributed by atoms with Crippen LogP contribution in [0.25, 0.3) is 0 Å². The fourth-order valence-electron chi connectivity index (χ4n) is 3.86. The number of aliphatic hydroxyl groups is 1. The number of hydrogen-bond donors (Lipinski definition) is 1. The molecule has 1 aliphatic heterocycles. The topological polar surface area (TPSA) is 40.5 Å². The number of rotatable bonds is 6. The minimum atomic E-state index is -0.838. The summed E-state index contributed by atoms with van der Waals surface area (Å²) in [7, 11) is 0. The smallest absolute Gasteiger partial charge is 0.163 e. The Hall–Kier alpha value is -1.75. The minimum absolute atomic E-state index is 0.0558. The first-order chi connectivity index (χ1) is 13.3. The molecule has 0 unspecified atom stereocenters. The van der Waals surface area contributed by atoms with Gasteiger partial charge < -0.3 is 10.0 Å². The van der Waals surface area contributed by atoms with Crippen LogP contribution in [0.15, 0.2) is 36.4 Å². The third-order valence-corrected chi connectivity index (χ3v) is 6.17. The summed E-state index contributed by atoms with van der Waals surface area (Å²) >= 11 is 6.22. The molecule has 5 heteroatoms. The number of ketones is 1. The third kappa shape index (κ3) is 4.80. The van der Waals surface area contributed by atoms with Gasteiger partial charge in [0.15, 0.2) is 5.78 Å². The van der Waals surface area contributed by atoms with Crippen LogP contribution in [0.5, 0.6) is 0 Å². The highest BCUT2D eigenvalue weighted by molar-refractivity contribution is 6.31. The van der Waals surface area contributed by atoms with Crippen LogP contribution in [0.3, 0.4) is 0 Å². The van der Waals surface area contributed by atoms with E-state index >= 15 is 0 Å². The average Bonchev–Trinajstić information content (AvgIpc) is 2.65. The Labute approximate surface area is 171 Å². The van der Waals surface area contributed by atoms with E-state index in [1.54, 1.807) is 13.0 Å². The maximum Gasteiger partial charge on any atom is 0.163 e. The molecule has 0 radical (unpaired) electrons. The zero-order valence-corrected chi connectivity index (χ0v) is 17.2. The number of Topliss-reactive ketones (excluding diaryl/α,β-unsaturated/α-hetero) is 1. The van der Waals surface area contributed by atoms with Crippen molar-refractivity contribution in [2.24, 2.45) is 0 Å². The first-order valence-corrected chi connectivity index (χ1v) is 10.2. The lowest BCUT2D eigenvalue weighted by atomic mass is 9.84. The van der Waals surface area contributed by atoms with Crippen LogP contribution >= 0.6 is 11.6 Å². The van der Waals surface area contributed by atoms with Crippen LogP contribution in [-0.2, 0) is 5.60 Å². The monoisotopic (exact) mass is 403 g/mol. The molecule has 0 amide bonds. The van der Waals surface area contributed by atoms with Gasteiger partial charge in [-0.25, -0.2) is 4.39 Å². The number of likely N-dealkylation sites (tertiary alicyclic amines) is 1. The van der Waals surface area contributed by atoms with Crippen molar-refractivity contribution in [1.29, 1.82) is 0 Å². The van der Waals surface area contributed by atoms with Gasteiger partial charge in [0.1, 0.15) is 5.82 Å². The fraction of sp³-hybridized carbons (Fsp3) is 0.435. The summed E-state index contributed by atoms with van der Waals surface area (Å²) in [4.78, 5) is 14.7. The van der Waals surface area contributed by atoms with E-state index in [1.807, 2.05) is 25.1 Å². The van der Waals surface area contributed by atoms with Crippen LogP contribution in [0.1, 0.15) is 52.7 Å². The summed E-state index contributed by atoms with van der Waals surface area (Å²) in [6.07, 6.45) is 2.50. The van der Waals surface area contributed by atoms with Crippen molar-refractivity contribution in [3.8, 4) is 0 Å². The van der Waals surface area contributed by atoms with E-state index in [4.69, 9.17) is 11.6 Å². The first kappa shape index (κ1) is 21.0. The van der Waals surface area contributed by atoms with Crippen molar-refractivity contribution in [2.75, 3.05) is 19.6 Å². The molecule has 1 fully saturated rings. The van der Waals surface area contributed by atoms with Gasteiger partial charge in [0.25, 0.3) is 0 Å². The van der Waals surface area contributed by atoms with Gasteiger partial charge in [0.2, 0.25) is 0 Å². The molecule has 0 spiro atoms. The second-order valence-electron chi connectivity index (χ2n) is 7.82. The summed E-state index contributed by atoms with van der Waals surface area (Å²) in [5.41, 5.74) is 2.34. The number of nitrogens with zero attached hydrogens (tertiary/aromatic N) is 1. The zero-order valence-electron chi connectivity index (χ0n) is 16.5. The highest BCUT2D eigenvalue weighted by Gasteiger charge is 2.34. The molecule has 0 aliphatic carbocycles. The number of carbonyl (C=O) groups is 1. The maximum atomic E-state index is 13.2. The molecule has 0 saturated carbocycles. The number of hydrogen-bond acceptors (Lipinski definition) is 3. The molecular weight excluding hydrogens is 377 g/mol. The number of carbonyl (C=O) groups excluding carboxylic acids is 1. The van der Waals surface area contributed by atoms with Crippen molar-refractivity contribution < 1.29 is 14.3 Å². The van der Waals surface area contributed by atoms with E-state index in [0.717, 1.165) is 37.2 Å². The summed E-state index contributed by atoms with van der Waals surface area (Å²) in [5.74, 6) is -0.259. The normalized spacial score (nSPS) is 16.9. The molecular formula is C23H27ClFNO2. The van der Waals surface area contributed by atoms with Crippen LogP contribution in [0.4, 0.5) is 4.39 Å². The number of piperidine rings is 1. The van der Waals surface area contributed by atoms with E-state index in [1.165, 1.54) is 12.1 Å². The molecule has 150 valence electrons. The third-order valence-electron chi connectivity index (χ3n) is 5.76. The molecule has 28 heavy (non-hydrogen) atoms. The number of benzene rings is 2. The van der Waals surface area contributed by atoms with Crippen molar-refractivity contribution in [1.82, 2.24) is 4.90 Å². The van der Waals surface area contributed by atoms with E-state index in [0.29, 0.717) is 35.4 Å². The summed E-state index contributed by atoms with van der Waals surface area (Å²) in [6, 6.07) is 10.1. The number of aryl methyl sites for hydroxylation is 2. The zero-order chi connectivity index (χ0) is 20.3. The molecule has 0 aromatic heterocycles. The SMILES string of the molecule is Cc1ccc(C2(O)CCN(CCCC(=O)c3ccc(F)cc3C)CC2)cc1Cl. The second kappa shape index (κ2) is 8.73. The van der Waals surface area contributed by atoms with Crippen LogP contribution < -0.4 is 0 Å². The quantitative estimate of drug-likeness (QED) is 0.686. The van der Waals surface area contributed by atoms with E-state index < -0.39 is 5.60 Å². The van der Waals surface area contributed by atoms with Gasteiger partial charge in [-0.2, -0.15) is 0 Å². The van der Waals surface area contributed by atoms with E-state index in [9.17, 15) is 14.3 Å². The van der Waals surface area contributed by atoms with Gasteiger partial charge in [0.05, 0.1) is 5.60 Å². The van der Waals surface area contributed by atoms with Crippen molar-refractivity contribution in [3.63, 3.8) is 0 Å². The Morgan fingerprint density at radius 3 is 2.50 bits per heavy atom. The second-order valence-corrected chi connectivity index (χ2v) is 8.23. The first-order valence-electron chi connectivity index (χ1n) is 9.79. The average molecular weight is 404 g/mol. The number of halogens is 2. The van der Waals surface area contributed by atoms with Crippen LogP contribution in [0, 0.1) is 19.7 Å². The summed E-state index contributed by atoms with van der Waals surface area (Å²) in [6.45, 7) is 6.10. The Kier molecular flexibility index (Phi) is 6.54. The van der Waals surface area contributed by atoms with Gasteiger partial charge in [0, 0.05) is 30.1 Å². The summed E-state index contributed by atoms with van der Waals surface area (Å²) < 4.78 is 13.2. The maximum absolute atomic E-state index is 13.2. The van der Waals surface area contributed by atoms with Gasteiger partial charge in [-0.05, 0) is 80.6 Å². The molecule has 3 rings (SSSR count). The molecule has 3 nitrogen and oxygen atoms in total. The highest BCUT2D eigenvalue weighted by atomic mass is 35.5. The van der Waals surface area contributed by atoms with Crippen LogP contribution in [0.2, 0.25) is 5.02 Å². The Morgan fingerprint density at radius 2 is 1.86 bits per heavy atom.